The second-order valence-electron chi connectivity index (χ2n) is 3.04. The van der Waals surface area contributed by atoms with Crippen molar-refractivity contribution >= 4 is 35.0 Å². The van der Waals surface area contributed by atoms with Gasteiger partial charge in [0.05, 0.1) is 6.61 Å². The molecule has 0 aliphatic heterocycles. The van der Waals surface area contributed by atoms with Crippen LogP contribution in [0.4, 0.5) is 0 Å². The third-order valence-corrected chi connectivity index (χ3v) is 3.59. The van der Waals surface area contributed by atoms with Crippen LogP contribution in [0.1, 0.15) is 12.5 Å². The summed E-state index contributed by atoms with van der Waals surface area (Å²) in [5.41, 5.74) is 1.02. The van der Waals surface area contributed by atoms with Crippen molar-refractivity contribution in [1.82, 2.24) is 0 Å². The molecule has 0 amide bonds. The van der Waals surface area contributed by atoms with Crippen molar-refractivity contribution in [3.63, 3.8) is 0 Å². The second kappa shape index (κ2) is 5.86. The average Bonchev–Trinajstić information content (AvgIpc) is 2.19. The molecule has 1 atom stereocenters. The number of thioether (sulfide) groups is 1. The van der Waals surface area contributed by atoms with E-state index in [1.807, 2.05) is 13.0 Å². The Morgan fingerprint density at radius 2 is 2.14 bits per heavy atom. The molecule has 14 heavy (non-hydrogen) atoms. The maximum Gasteiger partial charge on any atom is 0.0547 e. The van der Waals surface area contributed by atoms with Gasteiger partial charge in [0.1, 0.15) is 0 Å². The van der Waals surface area contributed by atoms with Crippen molar-refractivity contribution in [1.29, 1.82) is 0 Å². The second-order valence-corrected chi connectivity index (χ2v) is 5.31. The molecular formula is C10H12Cl2OS. The summed E-state index contributed by atoms with van der Waals surface area (Å²) in [5.74, 6) is 0.779. The predicted molar refractivity (Wildman–Crippen MR) is 64.3 cm³/mol. The van der Waals surface area contributed by atoms with Crippen molar-refractivity contribution in [2.45, 2.75) is 17.9 Å². The predicted octanol–water partition coefficient (Wildman–Crippen LogP) is 3.61. The summed E-state index contributed by atoms with van der Waals surface area (Å²) in [5, 5.41) is 10.5. The third-order valence-electron chi connectivity index (χ3n) is 1.79. The first kappa shape index (κ1) is 12.2. The molecule has 0 heterocycles. The molecule has 0 aliphatic carbocycles. The first-order chi connectivity index (χ1) is 6.63. The molecule has 1 unspecified atom stereocenters. The highest BCUT2D eigenvalue weighted by atomic mass is 35.5. The SMILES string of the molecule is CC(CO)SCc1cc(Cl)ccc1Cl. The van der Waals surface area contributed by atoms with E-state index in [1.165, 1.54) is 0 Å². The van der Waals surface area contributed by atoms with Gasteiger partial charge in [-0.15, -0.1) is 0 Å². The Morgan fingerprint density at radius 3 is 2.79 bits per heavy atom. The topological polar surface area (TPSA) is 20.2 Å². The molecule has 0 saturated heterocycles. The van der Waals surface area contributed by atoms with Crippen LogP contribution in [0.15, 0.2) is 18.2 Å². The van der Waals surface area contributed by atoms with Gasteiger partial charge in [-0.1, -0.05) is 30.1 Å². The van der Waals surface area contributed by atoms with E-state index in [9.17, 15) is 0 Å². The molecule has 0 fully saturated rings. The summed E-state index contributed by atoms with van der Waals surface area (Å²) in [6.07, 6.45) is 0. The average molecular weight is 251 g/mol. The molecule has 0 aliphatic rings. The lowest BCUT2D eigenvalue weighted by molar-refractivity contribution is 0.300. The summed E-state index contributed by atoms with van der Waals surface area (Å²) in [6.45, 7) is 2.16. The summed E-state index contributed by atoms with van der Waals surface area (Å²) in [6, 6.07) is 5.43. The maximum atomic E-state index is 8.86. The Hall–Kier alpha value is 0.110. The van der Waals surface area contributed by atoms with Crippen LogP contribution in [0, 0.1) is 0 Å². The monoisotopic (exact) mass is 250 g/mol. The smallest absolute Gasteiger partial charge is 0.0547 e. The third kappa shape index (κ3) is 3.70. The molecule has 4 heteroatoms. The van der Waals surface area contributed by atoms with Crippen molar-refractivity contribution in [2.24, 2.45) is 0 Å². The summed E-state index contributed by atoms with van der Waals surface area (Å²) < 4.78 is 0. The van der Waals surface area contributed by atoms with Gasteiger partial charge in [0.15, 0.2) is 0 Å². The summed E-state index contributed by atoms with van der Waals surface area (Å²) in [7, 11) is 0. The maximum absolute atomic E-state index is 8.86. The highest BCUT2D eigenvalue weighted by Gasteiger charge is 2.05. The van der Waals surface area contributed by atoms with Crippen LogP contribution in [-0.4, -0.2) is 17.0 Å². The molecule has 78 valence electrons. The zero-order valence-corrected chi connectivity index (χ0v) is 10.2. The number of hydrogen-bond donors (Lipinski definition) is 1. The standard InChI is InChI=1S/C10H12Cl2OS/c1-7(5-13)14-6-8-4-9(11)2-3-10(8)12/h2-4,7,13H,5-6H2,1H3. The fourth-order valence-electron chi connectivity index (χ4n) is 0.939. The Balaban J connectivity index is 2.62. The lowest BCUT2D eigenvalue weighted by Crippen LogP contribution is -2.02. The van der Waals surface area contributed by atoms with E-state index in [-0.39, 0.29) is 11.9 Å². The van der Waals surface area contributed by atoms with E-state index >= 15 is 0 Å². The van der Waals surface area contributed by atoms with Gasteiger partial charge in [-0.25, -0.2) is 0 Å². The first-order valence-electron chi connectivity index (χ1n) is 4.30. The molecule has 0 saturated carbocycles. The lowest BCUT2D eigenvalue weighted by atomic mass is 10.2. The van der Waals surface area contributed by atoms with Gasteiger partial charge in [-0.2, -0.15) is 11.8 Å². The van der Waals surface area contributed by atoms with E-state index in [0.717, 1.165) is 16.3 Å². The summed E-state index contributed by atoms with van der Waals surface area (Å²) in [4.78, 5) is 0. The van der Waals surface area contributed by atoms with Gasteiger partial charge >= 0.3 is 0 Å². The number of aliphatic hydroxyl groups is 1. The van der Waals surface area contributed by atoms with Crippen LogP contribution in [0.5, 0.6) is 0 Å². The number of rotatable bonds is 4. The summed E-state index contributed by atoms with van der Waals surface area (Å²) >= 11 is 13.5. The highest BCUT2D eigenvalue weighted by molar-refractivity contribution is 7.99. The van der Waals surface area contributed by atoms with Crippen molar-refractivity contribution in [2.75, 3.05) is 6.61 Å². The Kier molecular flexibility index (Phi) is 5.10. The van der Waals surface area contributed by atoms with Gasteiger partial charge < -0.3 is 5.11 Å². The van der Waals surface area contributed by atoms with E-state index < -0.39 is 0 Å². The molecular weight excluding hydrogens is 239 g/mol. The van der Waals surface area contributed by atoms with Crippen LogP contribution < -0.4 is 0 Å². The zero-order chi connectivity index (χ0) is 10.6. The van der Waals surface area contributed by atoms with Gasteiger partial charge in [0.2, 0.25) is 0 Å². The van der Waals surface area contributed by atoms with Gasteiger partial charge in [-0.05, 0) is 23.8 Å². The van der Waals surface area contributed by atoms with E-state index in [0.29, 0.717) is 5.02 Å². The molecule has 1 aromatic rings. The molecule has 0 radical (unpaired) electrons. The Morgan fingerprint density at radius 1 is 1.43 bits per heavy atom. The first-order valence-corrected chi connectivity index (χ1v) is 6.10. The number of aliphatic hydroxyl groups excluding tert-OH is 1. The van der Waals surface area contributed by atoms with Crippen LogP contribution in [-0.2, 0) is 5.75 Å². The number of halogens is 2. The quantitative estimate of drug-likeness (QED) is 0.882. The van der Waals surface area contributed by atoms with E-state index in [2.05, 4.69) is 0 Å². The lowest BCUT2D eigenvalue weighted by Gasteiger charge is -2.08. The molecule has 0 bridgehead atoms. The van der Waals surface area contributed by atoms with Crippen molar-refractivity contribution in [3.05, 3.63) is 33.8 Å². The minimum Gasteiger partial charge on any atom is -0.395 e. The zero-order valence-electron chi connectivity index (χ0n) is 7.84. The number of hydrogen-bond acceptors (Lipinski definition) is 2. The van der Waals surface area contributed by atoms with Crippen LogP contribution in [0.2, 0.25) is 10.0 Å². The normalized spacial score (nSPS) is 12.9. The molecule has 1 aromatic carbocycles. The van der Waals surface area contributed by atoms with Crippen molar-refractivity contribution < 1.29 is 5.11 Å². The molecule has 1 nitrogen and oxygen atoms in total. The largest absolute Gasteiger partial charge is 0.395 e. The van der Waals surface area contributed by atoms with E-state index in [1.54, 1.807) is 23.9 Å². The van der Waals surface area contributed by atoms with Gasteiger partial charge in [0.25, 0.3) is 0 Å². The minimum atomic E-state index is 0.183. The van der Waals surface area contributed by atoms with Gasteiger partial charge in [0, 0.05) is 21.0 Å². The Bertz CT molecular complexity index is 304. The molecule has 0 aromatic heterocycles. The molecule has 1 rings (SSSR count). The number of benzene rings is 1. The minimum absolute atomic E-state index is 0.183. The van der Waals surface area contributed by atoms with Crippen LogP contribution in [0.25, 0.3) is 0 Å². The van der Waals surface area contributed by atoms with Crippen LogP contribution in [0.3, 0.4) is 0 Å². The fraction of sp³-hybridized carbons (Fsp3) is 0.400. The van der Waals surface area contributed by atoms with Crippen LogP contribution >= 0.6 is 35.0 Å². The Labute approximate surface area is 98.4 Å². The van der Waals surface area contributed by atoms with Crippen molar-refractivity contribution in [3.8, 4) is 0 Å². The van der Waals surface area contributed by atoms with E-state index in [4.69, 9.17) is 28.3 Å². The fourth-order valence-corrected chi connectivity index (χ4v) is 2.21. The van der Waals surface area contributed by atoms with Gasteiger partial charge in [-0.3, -0.25) is 0 Å². The molecule has 0 spiro atoms. The highest BCUT2D eigenvalue weighted by Crippen LogP contribution is 2.26. The molecule has 1 N–H and O–H groups in total.